The van der Waals surface area contributed by atoms with Gasteiger partial charge in [0.2, 0.25) is 0 Å². The van der Waals surface area contributed by atoms with E-state index in [1.807, 2.05) is 6.92 Å². The van der Waals surface area contributed by atoms with Crippen molar-refractivity contribution in [2.24, 2.45) is 0 Å². The fourth-order valence-corrected chi connectivity index (χ4v) is 1.07. The Labute approximate surface area is 57.1 Å². The number of rotatable bonds is 2. The quantitative estimate of drug-likeness (QED) is 0.487. The molecule has 0 N–H and O–H groups in total. The molecule has 0 aliphatic rings. The zero-order valence-electron chi connectivity index (χ0n) is 3.52. The van der Waals surface area contributed by atoms with Crippen LogP contribution in [0.3, 0.4) is 0 Å². The summed E-state index contributed by atoms with van der Waals surface area (Å²) in [5.41, 5.74) is 0. The predicted molar refractivity (Wildman–Crippen MR) is 27.0 cm³/mol. The number of halogens is 1. The van der Waals surface area contributed by atoms with Crippen LogP contribution in [-0.4, -0.2) is 35.4 Å². The molecule has 1 atom stereocenters. The first-order valence-corrected chi connectivity index (χ1v) is 3.15. The normalized spacial score (nSPS) is 14.5. The Hall–Kier alpha value is 1.07. The Kier molecular flexibility index (Phi) is 4.99. The van der Waals surface area contributed by atoms with E-state index in [4.69, 9.17) is 14.6 Å². The van der Waals surface area contributed by atoms with Crippen molar-refractivity contribution in [3.05, 3.63) is 0 Å². The summed E-state index contributed by atoms with van der Waals surface area (Å²) in [5, 5.41) is 0.161. The average molecular weight is 215 g/mol. The molecule has 0 rings (SSSR count). The topological polar surface area (TPSA) is 9.23 Å². The molecule has 0 heterocycles. The summed E-state index contributed by atoms with van der Waals surface area (Å²) in [4.78, 5) is 0. The van der Waals surface area contributed by atoms with Gasteiger partial charge in [-0.2, -0.15) is 0 Å². The van der Waals surface area contributed by atoms with E-state index in [0.717, 1.165) is 0 Å². The second-order valence-electron chi connectivity index (χ2n) is 1.08. The molecule has 0 aliphatic heterocycles. The molecule has 0 fully saturated rings. The van der Waals surface area contributed by atoms with Crippen LogP contribution in [-0.2, 0) is 3.02 Å². The third-order valence-electron chi connectivity index (χ3n) is 0.304. The van der Waals surface area contributed by atoms with Crippen LogP contribution in [0.1, 0.15) is 6.92 Å². The standard InChI is InChI=1S/C3H6ClO.Sb/c1-3(4)2-5;/h3H,2H2,1H3;/q-1;+1. The van der Waals surface area contributed by atoms with E-state index in [9.17, 15) is 0 Å². The molecule has 0 aromatic carbocycles. The molecular formula is C3H6ClOSb. The predicted octanol–water partition coefficient (Wildman–Crippen LogP) is 0.714. The van der Waals surface area contributed by atoms with Crippen LogP contribution >= 0.6 is 11.6 Å². The van der Waals surface area contributed by atoms with Crippen LogP contribution in [0.25, 0.3) is 0 Å². The minimum atomic E-state index is 0.161. The molecule has 1 nitrogen and oxygen atoms in total. The van der Waals surface area contributed by atoms with Crippen molar-refractivity contribution >= 4 is 35.0 Å². The van der Waals surface area contributed by atoms with Crippen molar-refractivity contribution in [1.29, 1.82) is 0 Å². The van der Waals surface area contributed by atoms with E-state index >= 15 is 0 Å². The van der Waals surface area contributed by atoms with Crippen LogP contribution in [0, 0.1) is 0 Å². The van der Waals surface area contributed by atoms with Crippen molar-refractivity contribution in [2.45, 2.75) is 12.3 Å². The van der Waals surface area contributed by atoms with Crippen molar-refractivity contribution in [3.8, 4) is 0 Å². The van der Waals surface area contributed by atoms with Gasteiger partial charge >= 0.3 is 57.0 Å². The molecule has 3 heteroatoms. The van der Waals surface area contributed by atoms with Gasteiger partial charge in [-0.15, -0.1) is 0 Å². The Morgan fingerprint density at radius 2 is 2.50 bits per heavy atom. The van der Waals surface area contributed by atoms with Crippen LogP contribution in [0.15, 0.2) is 0 Å². The van der Waals surface area contributed by atoms with Gasteiger partial charge in [-0.1, -0.05) is 0 Å². The van der Waals surface area contributed by atoms with Gasteiger partial charge in [0.05, 0.1) is 0 Å². The summed E-state index contributed by atoms with van der Waals surface area (Å²) >= 11 is 6.80. The SMILES string of the molecule is CC(Cl)C[O][Sb]. The van der Waals surface area contributed by atoms with E-state index in [1.165, 1.54) is 23.4 Å². The van der Waals surface area contributed by atoms with Gasteiger partial charge in [0.1, 0.15) is 0 Å². The maximum absolute atomic E-state index is 5.46. The summed E-state index contributed by atoms with van der Waals surface area (Å²) in [6.45, 7) is 2.56. The van der Waals surface area contributed by atoms with E-state index in [0.29, 0.717) is 6.61 Å². The minimum absolute atomic E-state index is 0.161. The first-order chi connectivity index (χ1) is 2.77. The molecule has 0 aliphatic carbocycles. The molecule has 0 saturated carbocycles. The van der Waals surface area contributed by atoms with E-state index in [2.05, 4.69) is 0 Å². The van der Waals surface area contributed by atoms with Gasteiger partial charge < -0.3 is 0 Å². The van der Waals surface area contributed by atoms with Crippen molar-refractivity contribution < 1.29 is 3.02 Å². The molecule has 36 valence electrons. The maximum atomic E-state index is 5.46. The Morgan fingerprint density at radius 1 is 2.00 bits per heavy atom. The van der Waals surface area contributed by atoms with Crippen LogP contribution in [0.4, 0.5) is 0 Å². The first-order valence-electron chi connectivity index (χ1n) is 1.68. The molecule has 2 radical (unpaired) electrons. The average Bonchev–Trinajstić information content (AvgIpc) is 1.35. The second-order valence-corrected chi connectivity index (χ2v) is 2.56. The summed E-state index contributed by atoms with van der Waals surface area (Å²) < 4.78 is 4.72. The van der Waals surface area contributed by atoms with Gasteiger partial charge in [0.15, 0.2) is 0 Å². The first kappa shape index (κ1) is 7.07. The third kappa shape index (κ3) is 5.07. The summed E-state index contributed by atoms with van der Waals surface area (Å²) in [7, 11) is 0. The Bertz CT molecular complexity index is 32.0. The summed E-state index contributed by atoms with van der Waals surface area (Å²) in [6, 6.07) is 0. The molecule has 0 saturated heterocycles. The molecule has 0 aromatic heterocycles. The molecular weight excluding hydrogens is 209 g/mol. The molecule has 0 amide bonds. The van der Waals surface area contributed by atoms with E-state index < -0.39 is 0 Å². The van der Waals surface area contributed by atoms with Gasteiger partial charge in [-0.3, -0.25) is 0 Å². The van der Waals surface area contributed by atoms with Gasteiger partial charge in [0, 0.05) is 0 Å². The summed E-state index contributed by atoms with van der Waals surface area (Å²) in [5.74, 6) is 0. The third-order valence-corrected chi connectivity index (χ3v) is 0.856. The number of alkyl halides is 1. The van der Waals surface area contributed by atoms with Crippen molar-refractivity contribution in [2.75, 3.05) is 6.61 Å². The second kappa shape index (κ2) is 4.23. The van der Waals surface area contributed by atoms with Gasteiger partial charge in [-0.25, -0.2) is 0 Å². The fraction of sp³-hybridized carbons (Fsp3) is 1.00. The molecule has 0 spiro atoms. The van der Waals surface area contributed by atoms with E-state index in [-0.39, 0.29) is 5.38 Å². The Morgan fingerprint density at radius 3 is 2.50 bits per heavy atom. The molecule has 0 bridgehead atoms. The van der Waals surface area contributed by atoms with Gasteiger partial charge in [-0.05, 0) is 0 Å². The molecule has 6 heavy (non-hydrogen) atoms. The zero-order chi connectivity index (χ0) is 4.99. The molecule has 0 aromatic rings. The van der Waals surface area contributed by atoms with E-state index in [1.54, 1.807) is 0 Å². The Balaban J connectivity index is 2.63. The van der Waals surface area contributed by atoms with Gasteiger partial charge in [0.25, 0.3) is 0 Å². The zero-order valence-corrected chi connectivity index (χ0v) is 6.83. The van der Waals surface area contributed by atoms with Crippen LogP contribution in [0.5, 0.6) is 0 Å². The monoisotopic (exact) mass is 214 g/mol. The fourth-order valence-electron chi connectivity index (χ4n) is 0.103. The summed E-state index contributed by atoms with van der Waals surface area (Å²) in [6.07, 6.45) is 0. The van der Waals surface area contributed by atoms with Crippen molar-refractivity contribution in [3.63, 3.8) is 0 Å². The van der Waals surface area contributed by atoms with Crippen LogP contribution in [0.2, 0.25) is 0 Å². The number of hydrogen-bond acceptors (Lipinski definition) is 1. The number of hydrogen-bond donors (Lipinski definition) is 0. The van der Waals surface area contributed by atoms with Crippen molar-refractivity contribution in [1.82, 2.24) is 0 Å². The molecule has 1 unspecified atom stereocenters. The van der Waals surface area contributed by atoms with Crippen LogP contribution < -0.4 is 0 Å².